The first-order valence-corrected chi connectivity index (χ1v) is 9.12. The summed E-state index contributed by atoms with van der Waals surface area (Å²) in [4.78, 5) is 17.5. The number of hydrogen-bond acceptors (Lipinski definition) is 4. The van der Waals surface area contributed by atoms with Crippen molar-refractivity contribution in [2.45, 2.75) is 5.16 Å². The Morgan fingerprint density at radius 2 is 1.88 bits per heavy atom. The minimum Gasteiger partial charge on any atom is -0.495 e. The number of hydrogen-bond donors (Lipinski definition) is 0. The predicted molar refractivity (Wildman–Crippen MR) is 101 cm³/mol. The van der Waals surface area contributed by atoms with Gasteiger partial charge in [-0.25, -0.2) is 4.98 Å². The van der Waals surface area contributed by atoms with Gasteiger partial charge in [-0.1, -0.05) is 46.6 Å². The standard InChI is InChI=1S/C16H11Cl3N2O2S/c1-23-14-7-13(10(18)6-11(14)19)21-15(22)9-4-3-8(17)5-12(9)20-16(21)24-2/h3-7H,1-2H3. The van der Waals surface area contributed by atoms with Gasteiger partial charge in [-0.15, -0.1) is 0 Å². The normalized spacial score (nSPS) is 11.0. The van der Waals surface area contributed by atoms with Gasteiger partial charge in [0, 0.05) is 11.1 Å². The maximum atomic E-state index is 13.0. The molecule has 0 aliphatic rings. The summed E-state index contributed by atoms with van der Waals surface area (Å²) >= 11 is 19.7. The zero-order chi connectivity index (χ0) is 17.4. The minimum atomic E-state index is -0.243. The Morgan fingerprint density at radius 3 is 2.54 bits per heavy atom. The molecule has 0 N–H and O–H groups in total. The molecule has 0 aliphatic heterocycles. The van der Waals surface area contributed by atoms with Crippen molar-refractivity contribution in [1.29, 1.82) is 0 Å². The average Bonchev–Trinajstić information content (AvgIpc) is 2.55. The van der Waals surface area contributed by atoms with Gasteiger partial charge in [-0.3, -0.25) is 9.36 Å². The number of fused-ring (bicyclic) bond motifs is 1. The highest BCUT2D eigenvalue weighted by molar-refractivity contribution is 7.98. The first-order chi connectivity index (χ1) is 11.5. The minimum absolute atomic E-state index is 0.243. The van der Waals surface area contributed by atoms with Crippen LogP contribution in [0, 0.1) is 0 Å². The number of methoxy groups -OCH3 is 1. The van der Waals surface area contributed by atoms with Crippen LogP contribution in [0.3, 0.4) is 0 Å². The van der Waals surface area contributed by atoms with E-state index in [2.05, 4.69) is 4.98 Å². The lowest BCUT2D eigenvalue weighted by Crippen LogP contribution is -2.22. The molecule has 0 fully saturated rings. The van der Waals surface area contributed by atoms with Gasteiger partial charge in [0.15, 0.2) is 5.16 Å². The smallest absolute Gasteiger partial charge is 0.266 e. The Kier molecular flexibility index (Phi) is 4.97. The van der Waals surface area contributed by atoms with Crippen molar-refractivity contribution >= 4 is 57.5 Å². The maximum Gasteiger partial charge on any atom is 0.266 e. The van der Waals surface area contributed by atoms with Crippen LogP contribution in [0.25, 0.3) is 16.6 Å². The molecule has 0 bridgehead atoms. The highest BCUT2D eigenvalue weighted by atomic mass is 35.5. The summed E-state index contributed by atoms with van der Waals surface area (Å²) < 4.78 is 6.67. The molecule has 0 radical (unpaired) electrons. The van der Waals surface area contributed by atoms with Crippen LogP contribution in [-0.2, 0) is 0 Å². The summed E-state index contributed by atoms with van der Waals surface area (Å²) in [5, 5.41) is 2.15. The molecule has 0 saturated carbocycles. The van der Waals surface area contributed by atoms with E-state index in [1.54, 1.807) is 30.3 Å². The Morgan fingerprint density at radius 1 is 1.12 bits per heavy atom. The lowest BCUT2D eigenvalue weighted by atomic mass is 10.2. The molecule has 0 amide bonds. The van der Waals surface area contributed by atoms with Gasteiger partial charge in [-0.2, -0.15) is 0 Å². The first-order valence-electron chi connectivity index (χ1n) is 6.76. The van der Waals surface area contributed by atoms with Crippen LogP contribution in [0.4, 0.5) is 0 Å². The van der Waals surface area contributed by atoms with Crippen LogP contribution >= 0.6 is 46.6 Å². The Balaban J connectivity index is 2.40. The summed E-state index contributed by atoms with van der Waals surface area (Å²) in [7, 11) is 1.50. The molecular weight excluding hydrogens is 391 g/mol. The van der Waals surface area contributed by atoms with E-state index in [-0.39, 0.29) is 5.56 Å². The molecule has 1 aromatic heterocycles. The fourth-order valence-electron chi connectivity index (χ4n) is 2.33. The summed E-state index contributed by atoms with van der Waals surface area (Å²) in [6.07, 6.45) is 1.83. The van der Waals surface area contributed by atoms with Crippen molar-refractivity contribution in [2.75, 3.05) is 13.4 Å². The molecular formula is C16H11Cl3N2O2S. The van der Waals surface area contributed by atoms with Crippen molar-refractivity contribution in [3.63, 3.8) is 0 Å². The molecule has 3 aromatic rings. The highest BCUT2D eigenvalue weighted by Gasteiger charge is 2.17. The van der Waals surface area contributed by atoms with E-state index in [9.17, 15) is 4.79 Å². The Bertz CT molecular complexity index is 1000. The van der Waals surface area contributed by atoms with E-state index in [0.717, 1.165) is 0 Å². The third-order valence-corrected chi connectivity index (χ3v) is 4.92. The lowest BCUT2D eigenvalue weighted by Gasteiger charge is -2.15. The van der Waals surface area contributed by atoms with E-state index >= 15 is 0 Å². The molecule has 0 spiro atoms. The van der Waals surface area contributed by atoms with Crippen LogP contribution in [0.5, 0.6) is 5.75 Å². The van der Waals surface area contributed by atoms with Gasteiger partial charge in [0.2, 0.25) is 0 Å². The summed E-state index contributed by atoms with van der Waals surface area (Å²) in [5.41, 5.74) is 0.744. The van der Waals surface area contributed by atoms with Crippen molar-refractivity contribution in [3.8, 4) is 11.4 Å². The van der Waals surface area contributed by atoms with E-state index < -0.39 is 0 Å². The molecule has 4 nitrogen and oxygen atoms in total. The van der Waals surface area contributed by atoms with E-state index in [1.807, 2.05) is 6.26 Å². The molecule has 1 heterocycles. The number of aromatic nitrogens is 2. The molecule has 8 heteroatoms. The summed E-state index contributed by atoms with van der Waals surface area (Å²) in [5.74, 6) is 0.422. The number of thioether (sulfide) groups is 1. The van der Waals surface area contributed by atoms with Gasteiger partial charge in [0.05, 0.1) is 33.7 Å². The van der Waals surface area contributed by atoms with Gasteiger partial charge in [0.1, 0.15) is 5.75 Å². The van der Waals surface area contributed by atoms with Crippen LogP contribution in [-0.4, -0.2) is 22.9 Å². The Hall–Kier alpha value is -1.40. The fourth-order valence-corrected chi connectivity index (χ4v) is 3.60. The molecule has 0 atom stereocenters. The number of rotatable bonds is 3. The quantitative estimate of drug-likeness (QED) is 0.453. The summed E-state index contributed by atoms with van der Waals surface area (Å²) in [6, 6.07) is 8.12. The van der Waals surface area contributed by atoms with Gasteiger partial charge in [0.25, 0.3) is 5.56 Å². The first kappa shape index (κ1) is 17.4. The molecule has 0 unspecified atom stereocenters. The van der Waals surface area contributed by atoms with Crippen molar-refractivity contribution in [1.82, 2.24) is 9.55 Å². The average molecular weight is 402 g/mol. The number of ether oxygens (including phenoxy) is 1. The molecule has 124 valence electrons. The topological polar surface area (TPSA) is 44.1 Å². The van der Waals surface area contributed by atoms with Crippen molar-refractivity contribution in [3.05, 3.63) is 55.8 Å². The molecule has 2 aromatic carbocycles. The van der Waals surface area contributed by atoms with Crippen LogP contribution in [0.1, 0.15) is 0 Å². The van der Waals surface area contributed by atoms with Crippen LogP contribution in [0.2, 0.25) is 15.1 Å². The zero-order valence-electron chi connectivity index (χ0n) is 12.6. The number of halogens is 3. The second kappa shape index (κ2) is 6.84. The van der Waals surface area contributed by atoms with Gasteiger partial charge in [-0.05, 0) is 30.5 Å². The predicted octanol–water partition coefficient (Wildman–Crippen LogP) is 5.08. The second-order valence-electron chi connectivity index (χ2n) is 4.84. The van der Waals surface area contributed by atoms with E-state index in [1.165, 1.54) is 23.4 Å². The summed E-state index contributed by atoms with van der Waals surface area (Å²) in [6.45, 7) is 0. The second-order valence-corrected chi connectivity index (χ2v) is 6.86. The molecule has 24 heavy (non-hydrogen) atoms. The third-order valence-electron chi connectivity index (χ3n) is 3.45. The largest absolute Gasteiger partial charge is 0.495 e. The van der Waals surface area contributed by atoms with Crippen molar-refractivity contribution in [2.24, 2.45) is 0 Å². The van der Waals surface area contributed by atoms with E-state index in [0.29, 0.717) is 42.6 Å². The van der Waals surface area contributed by atoms with Gasteiger partial charge < -0.3 is 4.74 Å². The number of nitrogens with zero attached hydrogens (tertiary/aromatic N) is 2. The SMILES string of the molecule is COc1cc(-n2c(SC)nc3cc(Cl)ccc3c2=O)c(Cl)cc1Cl. The molecule has 0 aliphatic carbocycles. The van der Waals surface area contributed by atoms with Crippen LogP contribution in [0.15, 0.2) is 40.3 Å². The zero-order valence-corrected chi connectivity index (χ0v) is 15.7. The lowest BCUT2D eigenvalue weighted by molar-refractivity contribution is 0.414. The maximum absolute atomic E-state index is 13.0. The monoisotopic (exact) mass is 400 g/mol. The highest BCUT2D eigenvalue weighted by Crippen LogP contribution is 2.34. The molecule has 3 rings (SSSR count). The van der Waals surface area contributed by atoms with Gasteiger partial charge >= 0.3 is 0 Å². The fraction of sp³-hybridized carbons (Fsp3) is 0.125. The number of benzene rings is 2. The Labute approximate surface area is 157 Å². The van der Waals surface area contributed by atoms with Crippen molar-refractivity contribution < 1.29 is 4.74 Å². The van der Waals surface area contributed by atoms with E-state index in [4.69, 9.17) is 39.5 Å². The third kappa shape index (κ3) is 2.97. The van der Waals surface area contributed by atoms with Crippen LogP contribution < -0.4 is 10.3 Å². The molecule has 0 saturated heterocycles.